The van der Waals surface area contributed by atoms with Crippen molar-refractivity contribution in [3.05, 3.63) is 106 Å². The Balaban J connectivity index is 0.00000192. The van der Waals surface area contributed by atoms with Gasteiger partial charge in [-0.3, -0.25) is 14.4 Å². The van der Waals surface area contributed by atoms with E-state index < -0.39 is 89.7 Å². The molecule has 3 aromatic rings. The van der Waals surface area contributed by atoms with Gasteiger partial charge in [0.2, 0.25) is 0 Å². The fourth-order valence-electron chi connectivity index (χ4n) is 14.1. The van der Waals surface area contributed by atoms with Crippen molar-refractivity contribution in [2.24, 2.45) is 17.8 Å². The van der Waals surface area contributed by atoms with Gasteiger partial charge < -0.3 is 52.4 Å². The summed E-state index contributed by atoms with van der Waals surface area (Å²) in [5.74, 6) is -1.30. The molecule has 4 bridgehead atoms. The van der Waals surface area contributed by atoms with E-state index in [2.05, 4.69) is 36.0 Å². The first-order chi connectivity index (χ1) is 35.5. The number of esters is 5. The number of hydrogen-bond donors (Lipinski definition) is 0. The summed E-state index contributed by atoms with van der Waals surface area (Å²) in [7, 11) is 4.29. The van der Waals surface area contributed by atoms with E-state index in [0.29, 0.717) is 11.5 Å². The first kappa shape index (κ1) is 49.5. The SMILES string of the molecule is CC(=O)OC1[C@H](OC2C=CC3[C@H]4Cc5ccc(OC(=O)c6ccc(C(=O)Oc7ccc8c9c7O[C@H]7C(OC(C)=O)C=CC%10[C@@H](C8)N(C)CC[C@@]9%107)cc6)c6c5[C@@]3(CCN4C)[C@H]2O6)OC(C)[C@@H](C)[C@@H]1OC(C)=O.O=C=O. The van der Waals surface area contributed by atoms with Gasteiger partial charge in [0, 0.05) is 72.6 Å². The Hall–Kier alpha value is -6.69. The maximum Gasteiger partial charge on any atom is 0.373 e. The number of likely N-dealkylation sites (N-methyl/N-ethyl adjacent to an activating group) is 2. The van der Waals surface area contributed by atoms with Gasteiger partial charge in [-0.1, -0.05) is 37.3 Å². The molecule has 15 atom stereocenters. The summed E-state index contributed by atoms with van der Waals surface area (Å²) < 4.78 is 56.5. The molecule has 2 spiro atoms. The number of hydrogen-bond acceptors (Lipinski definition) is 18. The lowest BCUT2D eigenvalue weighted by Crippen LogP contribution is -2.66. The van der Waals surface area contributed by atoms with E-state index >= 15 is 0 Å². The van der Waals surface area contributed by atoms with E-state index in [1.54, 1.807) is 12.1 Å². The molecule has 3 fully saturated rings. The minimum atomic E-state index is -1.09. The van der Waals surface area contributed by atoms with Gasteiger partial charge in [0.25, 0.3) is 0 Å². The van der Waals surface area contributed by atoms with Crippen molar-refractivity contribution in [1.82, 2.24) is 9.80 Å². The zero-order chi connectivity index (χ0) is 52.1. The molecule has 3 saturated heterocycles. The average Bonchev–Trinajstić information content (AvgIpc) is 3.91. The van der Waals surface area contributed by atoms with Gasteiger partial charge in [0.15, 0.2) is 41.5 Å². The third-order valence-corrected chi connectivity index (χ3v) is 17.4. The molecule has 388 valence electrons. The number of nitrogens with zero attached hydrogens (tertiary/aromatic N) is 2. The van der Waals surface area contributed by atoms with Crippen LogP contribution in [0.1, 0.15) is 90.4 Å². The predicted molar refractivity (Wildman–Crippen MR) is 256 cm³/mol. The quantitative estimate of drug-likeness (QED) is 0.120. The van der Waals surface area contributed by atoms with Crippen LogP contribution in [0.25, 0.3) is 0 Å². The largest absolute Gasteiger partial charge is 0.482 e. The van der Waals surface area contributed by atoms with Crippen molar-refractivity contribution in [2.75, 3.05) is 27.2 Å². The van der Waals surface area contributed by atoms with Gasteiger partial charge in [0.1, 0.15) is 24.4 Å². The summed E-state index contributed by atoms with van der Waals surface area (Å²) >= 11 is 0. The Morgan fingerprint density at radius 1 is 0.608 bits per heavy atom. The molecule has 6 unspecified atom stereocenters. The number of likely N-dealkylation sites (tertiary alicyclic amines) is 2. The van der Waals surface area contributed by atoms with Crippen molar-refractivity contribution in [3.8, 4) is 23.0 Å². The number of ether oxygens (including phenoxy) is 9. The number of carbonyl (C=O) groups excluding carboxylic acids is 7. The zero-order valence-electron chi connectivity index (χ0n) is 42.1. The predicted octanol–water partition coefficient (Wildman–Crippen LogP) is 4.99. The molecule has 0 radical (unpaired) electrons. The van der Waals surface area contributed by atoms with Crippen molar-refractivity contribution in [2.45, 2.75) is 132 Å². The summed E-state index contributed by atoms with van der Waals surface area (Å²) in [6.07, 6.45) is 6.04. The standard InChI is InChI=1S/C55H58N2O14.CO2/c1-26-27(2)63-53(48(66-30(5)60)45(26)65-29(4)59)69-42-19-15-36-38-25-34-13-17-40(47-44(34)55(36,50(42)71-47)21-23-57(38)7)68-52(62)32-10-8-31(9-11-32)51(61)67-39-16-12-33-24-37-35-14-18-41(64-28(3)58)49-54(35,20-22-56(37)6)43(33)46(39)70-49;2-1-3/h8-19,26-27,35-38,41-42,45,48-50,53H,20-25H2,1-7H3;/t26-,27?,35?,36?,37-,38-,41?,42?,45+,48?,49+,50+,53+,54+,55+;/m1./s1. The Morgan fingerprint density at radius 3 is 1.53 bits per heavy atom. The van der Waals surface area contributed by atoms with Crippen LogP contribution in [-0.2, 0) is 71.3 Å². The van der Waals surface area contributed by atoms with E-state index in [0.717, 1.165) is 61.0 Å². The van der Waals surface area contributed by atoms with Crippen LogP contribution in [0.15, 0.2) is 72.8 Å². The second kappa shape index (κ2) is 18.6. The molecule has 0 aromatic heterocycles. The Kier molecular flexibility index (Phi) is 12.4. The first-order valence-corrected chi connectivity index (χ1v) is 25.3. The van der Waals surface area contributed by atoms with E-state index in [4.69, 9.17) is 52.2 Å². The molecule has 5 aliphatic heterocycles. The molecule has 18 nitrogen and oxygen atoms in total. The van der Waals surface area contributed by atoms with Crippen LogP contribution < -0.4 is 18.9 Å². The summed E-state index contributed by atoms with van der Waals surface area (Å²) in [5.41, 5.74) is 3.73. The third kappa shape index (κ3) is 7.70. The fraction of sp³-hybridized carbons (Fsp3) is 0.500. The highest BCUT2D eigenvalue weighted by atomic mass is 16.7. The highest BCUT2D eigenvalue weighted by molar-refractivity contribution is 5.95. The van der Waals surface area contributed by atoms with E-state index in [1.807, 2.05) is 38.1 Å². The molecular weight excluding hydrogens is 957 g/mol. The lowest BCUT2D eigenvalue weighted by molar-refractivity contribution is -0.301. The fourth-order valence-corrected chi connectivity index (χ4v) is 14.1. The van der Waals surface area contributed by atoms with Crippen molar-refractivity contribution >= 4 is 36.0 Å². The van der Waals surface area contributed by atoms with Crippen LogP contribution in [-0.4, -0.2) is 134 Å². The molecule has 0 amide bonds. The van der Waals surface area contributed by atoms with E-state index in [-0.39, 0.29) is 58.6 Å². The Bertz CT molecular complexity index is 2930. The molecular formula is C56H58N2O16. The van der Waals surface area contributed by atoms with Crippen molar-refractivity contribution in [1.29, 1.82) is 0 Å². The van der Waals surface area contributed by atoms with Gasteiger partial charge in [-0.25, -0.2) is 9.59 Å². The molecule has 12 rings (SSSR count). The van der Waals surface area contributed by atoms with Crippen LogP contribution in [0.3, 0.4) is 0 Å². The van der Waals surface area contributed by atoms with Gasteiger partial charge in [-0.2, -0.15) is 9.59 Å². The number of piperidine rings is 2. The molecule has 3 aromatic carbocycles. The minimum Gasteiger partial charge on any atom is -0.482 e. The topological polar surface area (TPSA) is 209 Å². The normalized spacial score (nSPS) is 34.9. The minimum absolute atomic E-state index is 0.0572. The molecule has 5 heterocycles. The highest BCUT2D eigenvalue weighted by Crippen LogP contribution is 2.64. The second-order valence-corrected chi connectivity index (χ2v) is 21.2. The monoisotopic (exact) mass is 1010 g/mol. The summed E-state index contributed by atoms with van der Waals surface area (Å²) in [6, 6.07) is 14.2. The van der Waals surface area contributed by atoms with E-state index in [1.165, 1.54) is 45.0 Å². The maximum absolute atomic E-state index is 14.1. The third-order valence-electron chi connectivity index (χ3n) is 17.4. The van der Waals surface area contributed by atoms with Crippen LogP contribution in [0.4, 0.5) is 0 Å². The van der Waals surface area contributed by atoms with Crippen molar-refractivity contribution < 1.29 is 76.2 Å². The molecule has 0 saturated carbocycles. The second-order valence-electron chi connectivity index (χ2n) is 21.2. The van der Waals surface area contributed by atoms with Crippen LogP contribution in [0.5, 0.6) is 23.0 Å². The highest BCUT2D eigenvalue weighted by Gasteiger charge is 2.67. The van der Waals surface area contributed by atoms with Crippen molar-refractivity contribution in [3.63, 3.8) is 0 Å². The molecule has 4 aliphatic carbocycles. The van der Waals surface area contributed by atoms with Crippen LogP contribution >= 0.6 is 0 Å². The summed E-state index contributed by atoms with van der Waals surface area (Å²) in [5, 5.41) is 0. The zero-order valence-corrected chi connectivity index (χ0v) is 42.1. The molecule has 0 N–H and O–H groups in total. The van der Waals surface area contributed by atoms with Gasteiger partial charge >= 0.3 is 36.0 Å². The first-order valence-electron chi connectivity index (χ1n) is 25.3. The van der Waals surface area contributed by atoms with Gasteiger partial charge in [0.05, 0.1) is 17.2 Å². The van der Waals surface area contributed by atoms with Crippen LogP contribution in [0, 0.1) is 17.8 Å². The Labute approximate surface area is 427 Å². The molecule has 18 heteroatoms. The van der Waals surface area contributed by atoms with E-state index in [9.17, 15) is 24.0 Å². The van der Waals surface area contributed by atoms with Crippen LogP contribution in [0.2, 0.25) is 0 Å². The average molecular weight is 1020 g/mol. The lowest BCUT2D eigenvalue weighted by Gasteiger charge is -2.57. The summed E-state index contributed by atoms with van der Waals surface area (Å²) in [6.45, 7) is 9.41. The molecule has 9 aliphatic rings. The summed E-state index contributed by atoms with van der Waals surface area (Å²) in [4.78, 5) is 86.0. The molecule has 74 heavy (non-hydrogen) atoms. The van der Waals surface area contributed by atoms with Gasteiger partial charge in [-0.15, -0.1) is 0 Å². The van der Waals surface area contributed by atoms with Gasteiger partial charge in [-0.05, 0) is 113 Å². The number of benzene rings is 3. The number of rotatable bonds is 9. The lowest BCUT2D eigenvalue weighted by atomic mass is 9.53. The smallest absolute Gasteiger partial charge is 0.373 e. The Morgan fingerprint density at radius 2 is 1.05 bits per heavy atom. The number of carbonyl (C=O) groups is 5. The maximum atomic E-state index is 14.1.